The summed E-state index contributed by atoms with van der Waals surface area (Å²) in [5, 5.41) is 4.76. The first-order valence-electron chi connectivity index (χ1n) is 7.83. The van der Waals surface area contributed by atoms with Crippen molar-refractivity contribution in [2.24, 2.45) is 0 Å². The van der Waals surface area contributed by atoms with Crippen molar-refractivity contribution in [1.29, 1.82) is 0 Å². The molecule has 4 nitrogen and oxygen atoms in total. The molecule has 0 fully saturated rings. The molecule has 0 saturated heterocycles. The minimum atomic E-state index is -0.267. The van der Waals surface area contributed by atoms with Crippen LogP contribution in [0.5, 0.6) is 5.75 Å². The molecule has 0 spiro atoms. The molecule has 1 aromatic heterocycles. The molecule has 3 rings (SSSR count). The molecular formula is C19H17FN2O2S. The highest BCUT2D eigenvalue weighted by molar-refractivity contribution is 7.07. The highest BCUT2D eigenvalue weighted by Crippen LogP contribution is 2.14. The zero-order chi connectivity index (χ0) is 17.5. The fourth-order valence-electron chi connectivity index (χ4n) is 2.28. The number of carbonyl (C=O) groups excluding carboxylic acids is 1. The van der Waals surface area contributed by atoms with E-state index in [1.54, 1.807) is 35.8 Å². The quantitative estimate of drug-likeness (QED) is 0.700. The highest BCUT2D eigenvalue weighted by Gasteiger charge is 2.06. The molecule has 1 heterocycles. The van der Waals surface area contributed by atoms with Gasteiger partial charge in [0, 0.05) is 17.5 Å². The average Bonchev–Trinajstić information content (AvgIpc) is 3.14. The van der Waals surface area contributed by atoms with E-state index in [1.807, 2.05) is 11.4 Å². The van der Waals surface area contributed by atoms with Gasteiger partial charge in [0.15, 0.2) is 0 Å². The maximum absolute atomic E-state index is 13.1. The lowest BCUT2D eigenvalue weighted by atomic mass is 10.1. The molecule has 0 saturated carbocycles. The normalized spacial score (nSPS) is 10.4. The van der Waals surface area contributed by atoms with Crippen LogP contribution in [-0.4, -0.2) is 17.4 Å². The van der Waals surface area contributed by atoms with E-state index >= 15 is 0 Å². The molecule has 0 aliphatic rings. The first kappa shape index (κ1) is 17.1. The van der Waals surface area contributed by atoms with Gasteiger partial charge in [-0.2, -0.15) is 0 Å². The van der Waals surface area contributed by atoms with E-state index in [2.05, 4.69) is 10.3 Å². The van der Waals surface area contributed by atoms with Gasteiger partial charge in [0.2, 0.25) is 0 Å². The average molecular weight is 356 g/mol. The van der Waals surface area contributed by atoms with Gasteiger partial charge in [-0.15, -0.1) is 11.3 Å². The van der Waals surface area contributed by atoms with Crippen molar-refractivity contribution < 1.29 is 13.9 Å². The summed E-state index contributed by atoms with van der Waals surface area (Å²) in [6, 6.07) is 13.3. The van der Waals surface area contributed by atoms with Crippen LogP contribution in [0.4, 0.5) is 4.39 Å². The molecule has 128 valence electrons. The van der Waals surface area contributed by atoms with Crippen molar-refractivity contribution in [1.82, 2.24) is 10.3 Å². The van der Waals surface area contributed by atoms with Crippen LogP contribution in [0.3, 0.4) is 0 Å². The largest absolute Gasteiger partial charge is 0.487 e. The van der Waals surface area contributed by atoms with Gasteiger partial charge >= 0.3 is 0 Å². The number of halogens is 1. The number of benzene rings is 2. The Morgan fingerprint density at radius 3 is 2.76 bits per heavy atom. The number of nitrogens with zero attached hydrogens (tertiary/aromatic N) is 1. The molecule has 25 heavy (non-hydrogen) atoms. The predicted molar refractivity (Wildman–Crippen MR) is 95.3 cm³/mol. The van der Waals surface area contributed by atoms with Gasteiger partial charge in [-0.05, 0) is 48.4 Å². The van der Waals surface area contributed by atoms with Crippen LogP contribution in [-0.2, 0) is 13.0 Å². The summed E-state index contributed by atoms with van der Waals surface area (Å²) in [5.41, 5.74) is 4.05. The van der Waals surface area contributed by atoms with Crippen molar-refractivity contribution in [2.75, 3.05) is 6.54 Å². The highest BCUT2D eigenvalue weighted by atomic mass is 32.1. The Bertz CT molecular complexity index is 820. The number of hydrogen-bond donors (Lipinski definition) is 1. The zero-order valence-electron chi connectivity index (χ0n) is 13.4. The topological polar surface area (TPSA) is 51.2 Å². The smallest absolute Gasteiger partial charge is 0.251 e. The number of aromatic nitrogens is 1. The first-order chi connectivity index (χ1) is 12.2. The van der Waals surface area contributed by atoms with E-state index in [9.17, 15) is 9.18 Å². The Balaban J connectivity index is 1.47. The third kappa shape index (κ3) is 5.12. The van der Waals surface area contributed by atoms with Crippen molar-refractivity contribution >= 4 is 17.2 Å². The molecule has 3 aromatic rings. The summed E-state index contributed by atoms with van der Waals surface area (Å²) in [4.78, 5) is 16.3. The Hall–Kier alpha value is -2.73. The molecular weight excluding hydrogens is 339 g/mol. The van der Waals surface area contributed by atoms with Crippen LogP contribution < -0.4 is 10.1 Å². The van der Waals surface area contributed by atoms with E-state index in [0.29, 0.717) is 30.9 Å². The summed E-state index contributed by atoms with van der Waals surface area (Å²) < 4.78 is 18.7. The number of hydrogen-bond acceptors (Lipinski definition) is 4. The van der Waals surface area contributed by atoms with Gasteiger partial charge < -0.3 is 10.1 Å². The molecule has 0 aliphatic heterocycles. The standard InChI is InChI=1S/C19H17FN2O2S/c20-16-3-1-2-14(10-16)8-9-21-19(23)15-4-6-18(7-5-15)24-11-17-12-25-13-22-17/h1-7,10,12-13H,8-9,11H2,(H,21,23). The molecule has 0 aliphatic carbocycles. The third-order valence-electron chi connectivity index (χ3n) is 3.57. The van der Waals surface area contributed by atoms with Crippen LogP contribution in [0.2, 0.25) is 0 Å². The maximum Gasteiger partial charge on any atom is 0.251 e. The molecule has 0 bridgehead atoms. The summed E-state index contributed by atoms with van der Waals surface area (Å²) in [6.07, 6.45) is 0.582. The second-order valence-electron chi connectivity index (χ2n) is 5.43. The van der Waals surface area contributed by atoms with Crippen molar-refractivity contribution in [2.45, 2.75) is 13.0 Å². The monoisotopic (exact) mass is 356 g/mol. The number of ether oxygens (including phenoxy) is 1. The lowest BCUT2D eigenvalue weighted by Gasteiger charge is -2.07. The molecule has 0 radical (unpaired) electrons. The van der Waals surface area contributed by atoms with Gasteiger partial charge in [0.1, 0.15) is 18.2 Å². The van der Waals surface area contributed by atoms with E-state index in [-0.39, 0.29) is 11.7 Å². The Morgan fingerprint density at radius 1 is 1.20 bits per heavy atom. The van der Waals surface area contributed by atoms with E-state index in [4.69, 9.17) is 4.74 Å². The number of nitrogens with one attached hydrogen (secondary N) is 1. The van der Waals surface area contributed by atoms with Gasteiger partial charge in [0.05, 0.1) is 11.2 Å². The lowest BCUT2D eigenvalue weighted by molar-refractivity contribution is 0.0954. The molecule has 6 heteroatoms. The van der Waals surface area contributed by atoms with Crippen molar-refractivity contribution in [3.8, 4) is 5.75 Å². The maximum atomic E-state index is 13.1. The molecule has 0 atom stereocenters. The van der Waals surface area contributed by atoms with E-state index in [1.165, 1.54) is 23.5 Å². The summed E-state index contributed by atoms with van der Waals surface area (Å²) >= 11 is 1.52. The number of thiazole rings is 1. The SMILES string of the molecule is O=C(NCCc1cccc(F)c1)c1ccc(OCc2cscn2)cc1. The van der Waals surface area contributed by atoms with Crippen LogP contribution in [0.1, 0.15) is 21.6 Å². The fraction of sp³-hybridized carbons (Fsp3) is 0.158. The van der Waals surface area contributed by atoms with E-state index in [0.717, 1.165) is 11.3 Å². The molecule has 2 aromatic carbocycles. The first-order valence-corrected chi connectivity index (χ1v) is 8.77. The second kappa shape index (κ2) is 8.39. The summed E-state index contributed by atoms with van der Waals surface area (Å²) in [5.74, 6) is 0.254. The van der Waals surface area contributed by atoms with Crippen LogP contribution in [0, 0.1) is 5.82 Å². The van der Waals surface area contributed by atoms with Crippen LogP contribution in [0.25, 0.3) is 0 Å². The second-order valence-corrected chi connectivity index (χ2v) is 6.15. The van der Waals surface area contributed by atoms with Crippen molar-refractivity contribution in [3.63, 3.8) is 0 Å². The number of rotatable bonds is 7. The van der Waals surface area contributed by atoms with E-state index < -0.39 is 0 Å². The summed E-state index contributed by atoms with van der Waals surface area (Å²) in [7, 11) is 0. The van der Waals surface area contributed by atoms with Gasteiger partial charge in [-0.25, -0.2) is 9.37 Å². The third-order valence-corrected chi connectivity index (χ3v) is 4.21. The molecule has 1 amide bonds. The van der Waals surface area contributed by atoms with Gasteiger partial charge in [-0.1, -0.05) is 12.1 Å². The molecule has 0 unspecified atom stereocenters. The van der Waals surface area contributed by atoms with Gasteiger partial charge in [-0.3, -0.25) is 4.79 Å². The number of amides is 1. The molecule has 1 N–H and O–H groups in total. The van der Waals surface area contributed by atoms with Crippen LogP contribution in [0.15, 0.2) is 59.4 Å². The minimum absolute atomic E-state index is 0.164. The predicted octanol–water partition coefficient (Wildman–Crippen LogP) is 3.83. The van der Waals surface area contributed by atoms with Crippen LogP contribution >= 0.6 is 11.3 Å². The zero-order valence-corrected chi connectivity index (χ0v) is 14.3. The summed E-state index contributed by atoms with van der Waals surface area (Å²) in [6.45, 7) is 0.854. The Labute approximate surface area is 149 Å². The fourth-order valence-corrected chi connectivity index (χ4v) is 2.83. The lowest BCUT2D eigenvalue weighted by Crippen LogP contribution is -2.25. The van der Waals surface area contributed by atoms with Gasteiger partial charge in [0.25, 0.3) is 5.91 Å². The number of carbonyl (C=O) groups is 1. The Morgan fingerprint density at radius 2 is 2.04 bits per heavy atom. The minimum Gasteiger partial charge on any atom is -0.487 e. The Kier molecular flexibility index (Phi) is 5.74. The van der Waals surface area contributed by atoms with Crippen molar-refractivity contribution in [3.05, 3.63) is 82.1 Å².